The molecule has 1 atom stereocenters. The zero-order valence-corrected chi connectivity index (χ0v) is 9.06. The van der Waals surface area contributed by atoms with E-state index < -0.39 is 16.9 Å². The van der Waals surface area contributed by atoms with E-state index in [1.54, 1.807) is 0 Å². The van der Waals surface area contributed by atoms with Crippen molar-refractivity contribution < 1.29 is 14.8 Å². The average Bonchev–Trinajstić information content (AvgIpc) is 2.16. The van der Waals surface area contributed by atoms with E-state index >= 15 is 0 Å². The van der Waals surface area contributed by atoms with Gasteiger partial charge in [-0.2, -0.15) is 0 Å². The van der Waals surface area contributed by atoms with E-state index in [0.717, 1.165) is 0 Å². The highest BCUT2D eigenvalue weighted by Gasteiger charge is 2.14. The predicted molar refractivity (Wildman–Crippen MR) is 58.4 cm³/mol. The lowest BCUT2D eigenvalue weighted by atomic mass is 10.2. The van der Waals surface area contributed by atoms with Crippen LogP contribution in [0.3, 0.4) is 0 Å². The standard InChI is InChI=1S/C9H9ClN2O4/c1-5(13)9(14)11-6-2-3-8(12(15)16)7(10)4-6/h2-5,13H,1H3,(H,11,14). The zero-order chi connectivity index (χ0) is 12.3. The van der Waals surface area contributed by atoms with Gasteiger partial charge in [0.2, 0.25) is 0 Å². The number of carbonyl (C=O) groups excluding carboxylic acids is 1. The zero-order valence-electron chi connectivity index (χ0n) is 8.31. The van der Waals surface area contributed by atoms with Gasteiger partial charge in [-0.3, -0.25) is 14.9 Å². The van der Waals surface area contributed by atoms with E-state index in [1.807, 2.05) is 0 Å². The molecule has 0 spiro atoms. The summed E-state index contributed by atoms with van der Waals surface area (Å²) in [4.78, 5) is 20.9. The molecular weight excluding hydrogens is 236 g/mol. The number of nitrogens with zero attached hydrogens (tertiary/aromatic N) is 1. The predicted octanol–water partition coefficient (Wildman–Crippen LogP) is 1.57. The molecule has 0 bridgehead atoms. The Hall–Kier alpha value is -1.66. The Bertz CT molecular complexity index is 434. The molecule has 0 aliphatic heterocycles. The van der Waals surface area contributed by atoms with Gasteiger partial charge in [0, 0.05) is 11.8 Å². The first-order chi connectivity index (χ1) is 7.41. The molecule has 7 heteroatoms. The number of hydrogen-bond donors (Lipinski definition) is 2. The molecule has 0 radical (unpaired) electrons. The maximum Gasteiger partial charge on any atom is 0.288 e. The van der Waals surface area contributed by atoms with E-state index in [2.05, 4.69) is 5.32 Å². The molecule has 0 saturated carbocycles. The minimum Gasteiger partial charge on any atom is -0.384 e. The number of anilines is 1. The smallest absolute Gasteiger partial charge is 0.288 e. The number of aliphatic hydroxyl groups is 1. The minimum atomic E-state index is -1.16. The van der Waals surface area contributed by atoms with Crippen LogP contribution >= 0.6 is 11.6 Å². The van der Waals surface area contributed by atoms with Crippen LogP contribution in [-0.2, 0) is 4.79 Å². The molecule has 0 fully saturated rings. The van der Waals surface area contributed by atoms with Crippen LogP contribution in [0.25, 0.3) is 0 Å². The van der Waals surface area contributed by atoms with Crippen LogP contribution in [0.15, 0.2) is 18.2 Å². The van der Waals surface area contributed by atoms with Crippen molar-refractivity contribution in [1.82, 2.24) is 0 Å². The van der Waals surface area contributed by atoms with Crippen molar-refractivity contribution in [3.05, 3.63) is 33.3 Å². The number of nitrogens with one attached hydrogen (secondary N) is 1. The molecule has 0 heterocycles. The van der Waals surface area contributed by atoms with Crippen molar-refractivity contribution in [2.75, 3.05) is 5.32 Å². The summed E-state index contributed by atoms with van der Waals surface area (Å²) in [5, 5.41) is 21.7. The maximum atomic E-state index is 11.1. The van der Waals surface area contributed by atoms with Crippen molar-refractivity contribution in [1.29, 1.82) is 0 Å². The van der Waals surface area contributed by atoms with Gasteiger partial charge < -0.3 is 10.4 Å². The summed E-state index contributed by atoms with van der Waals surface area (Å²) in [6, 6.07) is 3.77. The highest BCUT2D eigenvalue weighted by atomic mass is 35.5. The molecule has 1 aromatic rings. The summed E-state index contributed by atoms with van der Waals surface area (Å²) in [5.74, 6) is -0.607. The Balaban J connectivity index is 2.90. The summed E-state index contributed by atoms with van der Waals surface area (Å²) in [6.07, 6.45) is -1.16. The molecule has 0 aliphatic carbocycles. The molecule has 0 saturated heterocycles. The molecule has 1 amide bonds. The lowest BCUT2D eigenvalue weighted by molar-refractivity contribution is -0.384. The van der Waals surface area contributed by atoms with Gasteiger partial charge in [-0.15, -0.1) is 0 Å². The van der Waals surface area contributed by atoms with Crippen molar-refractivity contribution in [2.45, 2.75) is 13.0 Å². The molecule has 1 aromatic carbocycles. The SMILES string of the molecule is CC(O)C(=O)Nc1ccc([N+](=O)[O-])c(Cl)c1. The van der Waals surface area contributed by atoms with Crippen LogP contribution in [0.4, 0.5) is 11.4 Å². The third-order valence-electron chi connectivity index (χ3n) is 1.79. The van der Waals surface area contributed by atoms with Gasteiger partial charge in [0.1, 0.15) is 11.1 Å². The third-order valence-corrected chi connectivity index (χ3v) is 2.09. The van der Waals surface area contributed by atoms with E-state index in [-0.39, 0.29) is 10.7 Å². The van der Waals surface area contributed by atoms with Gasteiger partial charge in [0.25, 0.3) is 11.6 Å². The largest absolute Gasteiger partial charge is 0.384 e. The summed E-state index contributed by atoms with van der Waals surface area (Å²) in [7, 11) is 0. The first-order valence-corrected chi connectivity index (χ1v) is 4.72. The first kappa shape index (κ1) is 12.4. The van der Waals surface area contributed by atoms with Crippen molar-refractivity contribution >= 4 is 28.9 Å². The molecule has 6 nitrogen and oxygen atoms in total. The Morgan fingerprint density at radius 3 is 2.69 bits per heavy atom. The fourth-order valence-corrected chi connectivity index (χ4v) is 1.23. The van der Waals surface area contributed by atoms with E-state index in [9.17, 15) is 14.9 Å². The highest BCUT2D eigenvalue weighted by molar-refractivity contribution is 6.33. The van der Waals surface area contributed by atoms with E-state index in [4.69, 9.17) is 16.7 Å². The van der Waals surface area contributed by atoms with Gasteiger partial charge in [0.05, 0.1) is 4.92 Å². The number of nitro benzene ring substituents is 1. The third kappa shape index (κ3) is 2.91. The second-order valence-corrected chi connectivity index (χ2v) is 3.50. The number of hydrogen-bond acceptors (Lipinski definition) is 4. The van der Waals surface area contributed by atoms with Gasteiger partial charge in [-0.1, -0.05) is 11.6 Å². The van der Waals surface area contributed by atoms with Gasteiger partial charge >= 0.3 is 0 Å². The quantitative estimate of drug-likeness (QED) is 0.623. The molecule has 1 unspecified atom stereocenters. The van der Waals surface area contributed by atoms with Crippen LogP contribution in [0.5, 0.6) is 0 Å². The Morgan fingerprint density at radius 1 is 1.62 bits per heavy atom. The summed E-state index contributed by atoms with van der Waals surface area (Å²) in [5.41, 5.74) is 0.0539. The molecule has 16 heavy (non-hydrogen) atoms. The lowest BCUT2D eigenvalue weighted by Crippen LogP contribution is -2.24. The number of benzene rings is 1. The fraction of sp³-hybridized carbons (Fsp3) is 0.222. The second kappa shape index (κ2) is 4.91. The summed E-state index contributed by atoms with van der Waals surface area (Å²) in [6.45, 7) is 1.31. The first-order valence-electron chi connectivity index (χ1n) is 4.34. The van der Waals surface area contributed by atoms with Crippen LogP contribution in [0, 0.1) is 10.1 Å². The van der Waals surface area contributed by atoms with Gasteiger partial charge in [-0.25, -0.2) is 0 Å². The molecule has 2 N–H and O–H groups in total. The topological polar surface area (TPSA) is 92.5 Å². The molecule has 0 aromatic heterocycles. The van der Waals surface area contributed by atoms with Crippen LogP contribution in [-0.4, -0.2) is 22.0 Å². The lowest BCUT2D eigenvalue weighted by Gasteiger charge is -2.07. The molecule has 1 rings (SSSR count). The minimum absolute atomic E-state index is 0.0756. The summed E-state index contributed by atoms with van der Waals surface area (Å²) >= 11 is 5.63. The van der Waals surface area contributed by atoms with Crippen molar-refractivity contribution in [3.63, 3.8) is 0 Å². The van der Waals surface area contributed by atoms with E-state index in [0.29, 0.717) is 5.69 Å². The number of nitro groups is 1. The summed E-state index contributed by atoms with van der Waals surface area (Å²) < 4.78 is 0. The number of carbonyl (C=O) groups is 1. The Labute approximate surface area is 96.0 Å². The fourth-order valence-electron chi connectivity index (χ4n) is 0.979. The molecular formula is C9H9ClN2O4. The van der Waals surface area contributed by atoms with Gasteiger partial charge in [0.15, 0.2) is 0 Å². The van der Waals surface area contributed by atoms with Crippen molar-refractivity contribution in [3.8, 4) is 0 Å². The van der Waals surface area contributed by atoms with Crippen LogP contribution in [0.2, 0.25) is 5.02 Å². The van der Waals surface area contributed by atoms with Crippen LogP contribution < -0.4 is 5.32 Å². The van der Waals surface area contributed by atoms with E-state index in [1.165, 1.54) is 25.1 Å². The number of rotatable bonds is 3. The number of halogens is 1. The number of aliphatic hydroxyl groups excluding tert-OH is 1. The van der Waals surface area contributed by atoms with Gasteiger partial charge in [-0.05, 0) is 19.1 Å². The monoisotopic (exact) mass is 244 g/mol. The van der Waals surface area contributed by atoms with Crippen molar-refractivity contribution in [2.24, 2.45) is 0 Å². The Morgan fingerprint density at radius 2 is 2.25 bits per heavy atom. The highest BCUT2D eigenvalue weighted by Crippen LogP contribution is 2.27. The second-order valence-electron chi connectivity index (χ2n) is 3.09. The number of amides is 1. The molecule has 0 aliphatic rings. The average molecular weight is 245 g/mol. The normalized spacial score (nSPS) is 11.9. The van der Waals surface area contributed by atoms with Crippen LogP contribution in [0.1, 0.15) is 6.92 Å². The maximum absolute atomic E-state index is 11.1. The molecule has 86 valence electrons. The Kier molecular flexibility index (Phi) is 3.81.